The van der Waals surface area contributed by atoms with Gasteiger partial charge in [-0.2, -0.15) is 0 Å². The Labute approximate surface area is 108 Å². The summed E-state index contributed by atoms with van der Waals surface area (Å²) in [6.45, 7) is 8.54. The lowest BCUT2D eigenvalue weighted by atomic mass is 9.91. The van der Waals surface area contributed by atoms with E-state index in [2.05, 4.69) is 6.58 Å². The first-order valence-electron chi connectivity index (χ1n) is 6.29. The molecule has 3 nitrogen and oxygen atoms in total. The van der Waals surface area contributed by atoms with Crippen LogP contribution < -0.4 is 9.47 Å². The second-order valence-corrected chi connectivity index (χ2v) is 4.44. The van der Waals surface area contributed by atoms with E-state index in [1.54, 1.807) is 7.11 Å². The van der Waals surface area contributed by atoms with Crippen molar-refractivity contribution >= 4 is 0 Å². The van der Waals surface area contributed by atoms with Crippen LogP contribution in [0.4, 0.5) is 0 Å². The van der Waals surface area contributed by atoms with Crippen LogP contribution in [0, 0.1) is 6.92 Å². The van der Waals surface area contributed by atoms with Crippen LogP contribution in [0.2, 0.25) is 0 Å². The van der Waals surface area contributed by atoms with E-state index in [0.29, 0.717) is 6.61 Å². The predicted octanol–water partition coefficient (Wildman–Crippen LogP) is 3.42. The van der Waals surface area contributed by atoms with Crippen LogP contribution in [0.25, 0.3) is 0 Å². The molecule has 0 amide bonds. The molecule has 1 aromatic carbocycles. The molecule has 1 heterocycles. The highest BCUT2D eigenvalue weighted by Gasteiger charge is 2.27. The molecule has 2 rings (SSSR count). The van der Waals surface area contributed by atoms with Gasteiger partial charge in [-0.15, -0.1) is 6.58 Å². The third-order valence-electron chi connectivity index (χ3n) is 3.27. The Morgan fingerprint density at radius 2 is 2.28 bits per heavy atom. The number of aryl methyl sites for hydroxylation is 1. The Kier molecular flexibility index (Phi) is 3.92. The number of hydrogen-bond acceptors (Lipinski definition) is 3. The molecule has 1 aromatic rings. The van der Waals surface area contributed by atoms with Crippen molar-refractivity contribution in [2.75, 3.05) is 13.7 Å². The molecule has 1 aliphatic heterocycles. The van der Waals surface area contributed by atoms with E-state index in [4.69, 9.17) is 14.2 Å². The lowest BCUT2D eigenvalue weighted by Crippen LogP contribution is -2.27. The predicted molar refractivity (Wildman–Crippen MR) is 71.3 cm³/mol. The molecule has 0 N–H and O–H groups in total. The minimum Gasteiger partial charge on any atom is -0.496 e. The van der Waals surface area contributed by atoms with Crippen LogP contribution in [-0.2, 0) is 4.74 Å². The van der Waals surface area contributed by atoms with Gasteiger partial charge in [-0.05, 0) is 31.5 Å². The van der Waals surface area contributed by atoms with Crippen LogP contribution in [-0.4, -0.2) is 20.0 Å². The van der Waals surface area contributed by atoms with Crippen molar-refractivity contribution < 1.29 is 14.2 Å². The Balaban J connectivity index is 2.38. The number of allylic oxidation sites excluding steroid dienone is 1. The number of methoxy groups -OCH3 is 1. The summed E-state index contributed by atoms with van der Waals surface area (Å²) in [6.07, 6.45) is 2.57. The second kappa shape index (κ2) is 5.44. The van der Waals surface area contributed by atoms with Gasteiger partial charge in [-0.1, -0.05) is 6.08 Å². The molecular formula is C15H20O3. The number of fused-ring (bicyclic) bond motifs is 1. The summed E-state index contributed by atoms with van der Waals surface area (Å²) in [4.78, 5) is 0. The van der Waals surface area contributed by atoms with E-state index in [1.165, 1.54) is 0 Å². The highest BCUT2D eigenvalue weighted by atomic mass is 16.7. The molecule has 0 saturated carbocycles. The third kappa shape index (κ3) is 2.36. The molecule has 3 heteroatoms. The first-order chi connectivity index (χ1) is 8.69. The quantitative estimate of drug-likeness (QED) is 0.764. The van der Waals surface area contributed by atoms with E-state index in [9.17, 15) is 0 Å². The molecule has 0 spiro atoms. The molecule has 0 unspecified atom stereocenters. The standard InChI is InChI=1S/C15H20O3/c1-5-11-8-15(17-6-2)18-14-7-10(3)13(16-4)9-12(11)14/h5,7,9,11,15H,1,6,8H2,2-4H3/t11-,15-/m0/s1. The zero-order valence-corrected chi connectivity index (χ0v) is 11.2. The van der Waals surface area contributed by atoms with Gasteiger partial charge in [0.15, 0.2) is 0 Å². The van der Waals surface area contributed by atoms with Gasteiger partial charge < -0.3 is 14.2 Å². The van der Waals surface area contributed by atoms with Gasteiger partial charge in [0, 0.05) is 24.5 Å². The van der Waals surface area contributed by atoms with Gasteiger partial charge in [0.1, 0.15) is 11.5 Å². The molecule has 0 aromatic heterocycles. The van der Waals surface area contributed by atoms with Crippen LogP contribution >= 0.6 is 0 Å². The van der Waals surface area contributed by atoms with Crippen molar-refractivity contribution in [3.8, 4) is 11.5 Å². The van der Waals surface area contributed by atoms with E-state index in [0.717, 1.165) is 29.0 Å². The van der Waals surface area contributed by atoms with Gasteiger partial charge in [0.2, 0.25) is 6.29 Å². The van der Waals surface area contributed by atoms with Crippen molar-refractivity contribution in [2.24, 2.45) is 0 Å². The maximum Gasteiger partial charge on any atom is 0.200 e. The van der Waals surface area contributed by atoms with Crippen LogP contribution in [0.3, 0.4) is 0 Å². The summed E-state index contributed by atoms with van der Waals surface area (Å²) in [5, 5.41) is 0. The van der Waals surface area contributed by atoms with Crippen LogP contribution in [0.5, 0.6) is 11.5 Å². The van der Waals surface area contributed by atoms with Crippen molar-refractivity contribution in [1.82, 2.24) is 0 Å². The molecule has 1 aliphatic rings. The first-order valence-corrected chi connectivity index (χ1v) is 6.29. The fourth-order valence-electron chi connectivity index (χ4n) is 2.32. The van der Waals surface area contributed by atoms with Gasteiger partial charge >= 0.3 is 0 Å². The molecule has 0 bridgehead atoms. The zero-order valence-electron chi connectivity index (χ0n) is 11.2. The number of hydrogen-bond donors (Lipinski definition) is 0. The van der Waals surface area contributed by atoms with Crippen molar-refractivity contribution in [3.63, 3.8) is 0 Å². The largest absolute Gasteiger partial charge is 0.496 e. The summed E-state index contributed by atoms with van der Waals surface area (Å²) in [5.41, 5.74) is 2.19. The smallest absolute Gasteiger partial charge is 0.200 e. The maximum atomic E-state index is 5.86. The topological polar surface area (TPSA) is 27.7 Å². The van der Waals surface area contributed by atoms with Gasteiger partial charge in [0.25, 0.3) is 0 Å². The molecular weight excluding hydrogens is 228 g/mol. The maximum absolute atomic E-state index is 5.86. The van der Waals surface area contributed by atoms with Gasteiger partial charge in [-0.25, -0.2) is 0 Å². The third-order valence-corrected chi connectivity index (χ3v) is 3.27. The summed E-state index contributed by atoms with van der Waals surface area (Å²) in [5.74, 6) is 2.02. The number of benzene rings is 1. The molecule has 0 saturated heterocycles. The van der Waals surface area contributed by atoms with Gasteiger partial charge in [0.05, 0.1) is 7.11 Å². The number of ether oxygens (including phenoxy) is 3. The average Bonchev–Trinajstić information content (AvgIpc) is 2.37. The molecule has 0 fully saturated rings. The summed E-state index contributed by atoms with van der Waals surface area (Å²) in [6, 6.07) is 4.05. The van der Waals surface area contributed by atoms with Crippen LogP contribution in [0.15, 0.2) is 24.8 Å². The minimum atomic E-state index is -0.182. The second-order valence-electron chi connectivity index (χ2n) is 4.44. The van der Waals surface area contributed by atoms with E-state index in [1.807, 2.05) is 32.1 Å². The molecule has 0 aliphatic carbocycles. The Hall–Kier alpha value is -1.48. The number of rotatable bonds is 4. The lowest BCUT2D eigenvalue weighted by Gasteiger charge is -2.31. The van der Waals surface area contributed by atoms with Crippen molar-refractivity contribution in [2.45, 2.75) is 32.5 Å². The average molecular weight is 248 g/mol. The summed E-state index contributed by atoms with van der Waals surface area (Å²) < 4.78 is 16.8. The van der Waals surface area contributed by atoms with E-state index < -0.39 is 0 Å². The Morgan fingerprint density at radius 3 is 2.89 bits per heavy atom. The Morgan fingerprint density at radius 1 is 1.50 bits per heavy atom. The highest BCUT2D eigenvalue weighted by Crippen LogP contribution is 2.40. The first kappa shape index (κ1) is 13.0. The zero-order chi connectivity index (χ0) is 13.1. The Bertz CT molecular complexity index is 440. The van der Waals surface area contributed by atoms with E-state index >= 15 is 0 Å². The molecule has 98 valence electrons. The molecule has 2 atom stereocenters. The molecule has 0 radical (unpaired) electrons. The minimum absolute atomic E-state index is 0.182. The van der Waals surface area contributed by atoms with Crippen molar-refractivity contribution in [3.05, 3.63) is 35.9 Å². The van der Waals surface area contributed by atoms with Crippen LogP contribution in [0.1, 0.15) is 30.4 Å². The summed E-state index contributed by atoms with van der Waals surface area (Å²) in [7, 11) is 1.68. The van der Waals surface area contributed by atoms with Gasteiger partial charge in [-0.3, -0.25) is 0 Å². The highest BCUT2D eigenvalue weighted by molar-refractivity contribution is 5.49. The lowest BCUT2D eigenvalue weighted by molar-refractivity contribution is -0.0890. The van der Waals surface area contributed by atoms with Crippen molar-refractivity contribution in [1.29, 1.82) is 0 Å². The monoisotopic (exact) mass is 248 g/mol. The fraction of sp³-hybridized carbons (Fsp3) is 0.467. The SMILES string of the molecule is C=C[C@H]1C[C@@H](OCC)Oc2cc(C)c(OC)cc21. The van der Waals surface area contributed by atoms with E-state index in [-0.39, 0.29) is 12.2 Å². The summed E-state index contributed by atoms with van der Waals surface area (Å²) >= 11 is 0. The fourth-order valence-corrected chi connectivity index (χ4v) is 2.32. The molecule has 18 heavy (non-hydrogen) atoms. The normalized spacial score (nSPS) is 21.9.